The summed E-state index contributed by atoms with van der Waals surface area (Å²) in [5.74, 6) is -8.97. The molecule has 0 spiro atoms. The molecule has 0 aromatic rings. The molecule has 20 heavy (non-hydrogen) atoms. The highest BCUT2D eigenvalue weighted by Crippen LogP contribution is 2.07. The molecule has 0 amide bonds. The average molecular weight is 298 g/mol. The summed E-state index contributed by atoms with van der Waals surface area (Å²) in [6.07, 6.45) is -6.14. The summed E-state index contributed by atoms with van der Waals surface area (Å²) in [5, 5.41) is 25.1. The van der Waals surface area contributed by atoms with E-state index in [2.05, 4.69) is 5.11 Å². The van der Waals surface area contributed by atoms with Crippen molar-refractivity contribution in [2.45, 2.75) is 52.6 Å². The highest BCUT2D eigenvalue weighted by molar-refractivity contribution is 5.96. The monoisotopic (exact) mass is 298 g/mol. The Balaban J connectivity index is 0. The van der Waals surface area contributed by atoms with Crippen LogP contribution in [0.2, 0.25) is 2.82 Å². The van der Waals surface area contributed by atoms with E-state index in [1.54, 1.807) is 0 Å². The van der Waals surface area contributed by atoms with Gasteiger partial charge in [0.15, 0.2) is 0 Å². The number of aliphatic hydroxyl groups excluding tert-OH is 1. The molecule has 118 valence electrons. The number of Topliss-reactive ketones (excluding diaryl/α,β-unsaturated/α-hetero) is 1. The molecule has 2 unspecified atom stereocenters. The number of nitrogens with two attached hydrogens (primary N) is 1. The fourth-order valence-electron chi connectivity index (χ4n) is 0.941. The zero-order chi connectivity index (χ0) is 24.2. The van der Waals surface area contributed by atoms with Crippen molar-refractivity contribution < 1.29 is 40.8 Å². The van der Waals surface area contributed by atoms with Gasteiger partial charge in [0.25, 0.3) is 0 Å². The standard InChI is InChI=1S/C7H12O4.C6H13NO2/c1-3-5(9)6(4(2)8)7(10)11;1-3-4(2)5(7)6(8)9/h5-6,9H,3H2,1-2H3,(H,10,11);4-5H,3,7H2,1-2H3,(H,8,9)/p-2/t;4-,5-/m.0/s1/i3D2,9D;3D2,4D,5D/hD2. The smallest absolute Gasteiger partial charge is 0.210 e. The van der Waals surface area contributed by atoms with Gasteiger partial charge in [0, 0.05) is 12.9 Å². The Hall–Kier alpha value is -1.47. The first-order chi connectivity index (χ1) is 12.6. The van der Waals surface area contributed by atoms with Crippen molar-refractivity contribution in [3.8, 4) is 0 Å². The SMILES string of the molecule is [2H]N([2H])[C@]([2H])(C(=O)[O-])[C@@]([2H])(C)C([2H])([2H])C.[2H]OC(C(C(C)=O)C(=O)[O-])C([2H])([2H])C. The van der Waals surface area contributed by atoms with Crippen molar-refractivity contribution in [2.24, 2.45) is 17.5 Å². The Labute approximate surface area is 131 Å². The zero-order valence-electron chi connectivity index (χ0n) is 20.6. The number of hydrogen-bond donors (Lipinski definition) is 2. The van der Waals surface area contributed by atoms with Gasteiger partial charge < -0.3 is 30.6 Å². The summed E-state index contributed by atoms with van der Waals surface area (Å²) < 4.78 is 63.9. The van der Waals surface area contributed by atoms with Crippen LogP contribution >= 0.6 is 0 Å². The highest BCUT2D eigenvalue weighted by atomic mass is 16.4. The number of carbonyl (C=O) groups excluding carboxylic acids is 3. The summed E-state index contributed by atoms with van der Waals surface area (Å²) in [7, 11) is 0. The van der Waals surface area contributed by atoms with Gasteiger partial charge in [0.2, 0.25) is 1.43 Å². The predicted molar refractivity (Wildman–Crippen MR) is 67.9 cm³/mol. The third-order valence-electron chi connectivity index (χ3n) is 2.20. The Morgan fingerprint density at radius 1 is 1.35 bits per heavy atom. The number of hydrogen-bond acceptors (Lipinski definition) is 7. The van der Waals surface area contributed by atoms with E-state index in [0.717, 1.165) is 27.7 Å². The third kappa shape index (κ3) is 7.85. The predicted octanol–water partition coefficient (Wildman–Crippen LogP) is -2.18. The second-order valence-electron chi connectivity index (χ2n) is 3.63. The van der Waals surface area contributed by atoms with Gasteiger partial charge in [0.1, 0.15) is 8.61 Å². The van der Waals surface area contributed by atoms with E-state index >= 15 is 0 Å². The van der Waals surface area contributed by atoms with Gasteiger partial charge in [-0.3, -0.25) is 4.79 Å². The largest absolute Gasteiger partial charge is 0.549 e. The Kier molecular flexibility index (Phi) is 4.51. The summed E-state index contributed by atoms with van der Waals surface area (Å²) in [6.45, 7) is 3.77. The van der Waals surface area contributed by atoms with Gasteiger partial charge in [-0.05, 0) is 19.2 Å². The number of carboxylic acids is 2. The van der Waals surface area contributed by atoms with E-state index in [1.807, 2.05) is 0 Å². The normalized spacial score (nSPS) is 27.4. The molecular formula is C13H23NO6-2. The van der Waals surface area contributed by atoms with E-state index in [9.17, 15) is 24.6 Å². The maximum Gasteiger partial charge on any atom is 0.210 e. The van der Waals surface area contributed by atoms with Gasteiger partial charge in [-0.1, -0.05) is 27.1 Å². The molecule has 0 saturated carbocycles. The van der Waals surface area contributed by atoms with Crippen LogP contribution in [0.25, 0.3) is 0 Å². The molecule has 0 aliphatic heterocycles. The number of rotatable bonds is 9. The zero-order valence-corrected chi connectivity index (χ0v) is 11.6. The molecule has 0 aromatic carbocycles. The molecule has 0 fully saturated rings. The first-order valence-corrected chi connectivity index (χ1v) is 5.43. The minimum atomic E-state index is -3.11. The summed E-state index contributed by atoms with van der Waals surface area (Å²) in [5.41, 5.74) is -0.531. The van der Waals surface area contributed by atoms with Crippen LogP contribution in [0.4, 0.5) is 0 Å². The summed E-state index contributed by atoms with van der Waals surface area (Å²) in [6, 6.07) is -3.11. The molecule has 4 atom stereocenters. The molecule has 0 aromatic heterocycles. The summed E-state index contributed by atoms with van der Waals surface area (Å²) in [4.78, 5) is 32.1. The minimum absolute atomic E-state index is 0.531. The first kappa shape index (κ1) is 8.74. The minimum Gasteiger partial charge on any atom is -0.549 e. The van der Waals surface area contributed by atoms with E-state index in [4.69, 9.17) is 12.5 Å². The van der Waals surface area contributed by atoms with Crippen molar-refractivity contribution in [3.63, 3.8) is 0 Å². The van der Waals surface area contributed by atoms with Crippen LogP contribution in [0.5, 0.6) is 0 Å². The van der Waals surface area contributed by atoms with Crippen LogP contribution in [-0.2, 0) is 14.4 Å². The molecule has 0 aliphatic carbocycles. The van der Waals surface area contributed by atoms with Gasteiger partial charge in [-0.2, -0.15) is 0 Å². The molecule has 7 heteroatoms. The van der Waals surface area contributed by atoms with Crippen molar-refractivity contribution >= 4 is 17.7 Å². The topological polar surface area (TPSA) is 144 Å². The van der Waals surface area contributed by atoms with Crippen LogP contribution in [0, 0.1) is 11.8 Å². The number of carbonyl (C=O) groups is 3. The molecule has 3 N–H and O–H groups in total. The lowest BCUT2D eigenvalue weighted by atomic mass is 9.97. The van der Waals surface area contributed by atoms with Crippen molar-refractivity contribution in [2.75, 3.05) is 0 Å². The second-order valence-corrected chi connectivity index (χ2v) is 3.63. The number of ketones is 1. The molecule has 0 bridgehead atoms. The van der Waals surface area contributed by atoms with Crippen LogP contribution in [0.3, 0.4) is 0 Å². The maximum atomic E-state index is 10.9. The fourth-order valence-corrected chi connectivity index (χ4v) is 0.941. The summed E-state index contributed by atoms with van der Waals surface area (Å²) >= 11 is 0. The van der Waals surface area contributed by atoms with Crippen molar-refractivity contribution in [1.29, 1.82) is 1.43 Å². The second kappa shape index (κ2) is 10.3. The molecule has 0 radical (unpaired) electrons. The van der Waals surface area contributed by atoms with Crippen molar-refractivity contribution in [3.05, 3.63) is 0 Å². The van der Waals surface area contributed by atoms with E-state index in [-0.39, 0.29) is 0 Å². The van der Waals surface area contributed by atoms with Crippen molar-refractivity contribution in [1.82, 2.24) is 0 Å². The highest BCUT2D eigenvalue weighted by Gasteiger charge is 2.23. The lowest BCUT2D eigenvalue weighted by molar-refractivity contribution is -0.312. The van der Waals surface area contributed by atoms with E-state index in [0.29, 0.717) is 0 Å². The lowest BCUT2D eigenvalue weighted by Gasteiger charge is -2.19. The first-order valence-electron chi connectivity index (χ1n) is 9.73. The molecule has 0 rings (SSSR count). The number of carboxylic acid groups (broad SMARTS) is 2. The fraction of sp³-hybridized carbons (Fsp3) is 0.769. The molecule has 0 saturated heterocycles. The third-order valence-corrected chi connectivity index (χ3v) is 2.20. The molecule has 0 heterocycles. The Morgan fingerprint density at radius 2 is 1.90 bits per heavy atom. The molecule has 0 aliphatic rings. The van der Waals surface area contributed by atoms with Gasteiger partial charge >= 0.3 is 0 Å². The molecular weight excluding hydrogens is 266 g/mol. The van der Waals surface area contributed by atoms with Crippen LogP contribution in [0.15, 0.2) is 0 Å². The van der Waals surface area contributed by atoms with E-state index < -0.39 is 60.1 Å². The van der Waals surface area contributed by atoms with E-state index in [1.165, 1.54) is 0 Å². The van der Waals surface area contributed by atoms with Crippen LogP contribution in [-0.4, -0.2) is 36.4 Å². The maximum absolute atomic E-state index is 10.9. The Morgan fingerprint density at radius 3 is 2.00 bits per heavy atom. The average Bonchev–Trinajstić information content (AvgIpc) is 2.48. The van der Waals surface area contributed by atoms with Gasteiger partial charge in [-0.25, -0.2) is 0 Å². The quantitative estimate of drug-likeness (QED) is 0.460. The van der Waals surface area contributed by atoms with Crippen LogP contribution in [0.1, 0.15) is 48.7 Å². The Bertz CT molecular complexity index is 591. The lowest BCUT2D eigenvalue weighted by Crippen LogP contribution is -2.45. The number of aliphatic hydroxyl groups is 1. The van der Waals surface area contributed by atoms with Gasteiger partial charge in [0.05, 0.1) is 25.3 Å². The number of aliphatic carboxylic acids is 2. The van der Waals surface area contributed by atoms with Gasteiger partial charge in [-0.15, -0.1) is 0 Å². The van der Waals surface area contributed by atoms with Crippen LogP contribution < -0.4 is 15.9 Å². The molecule has 7 nitrogen and oxygen atoms in total.